The van der Waals surface area contributed by atoms with Gasteiger partial charge in [0, 0.05) is 25.4 Å². The van der Waals surface area contributed by atoms with E-state index in [2.05, 4.69) is 25.1 Å². The molecule has 23 heavy (non-hydrogen) atoms. The smallest absolute Gasteiger partial charge is 0.222 e. The van der Waals surface area contributed by atoms with Crippen LogP contribution < -0.4 is 4.74 Å². The van der Waals surface area contributed by atoms with Crippen LogP contribution >= 0.6 is 0 Å². The number of carbonyl (C=O) groups is 1. The number of hydrogen-bond acceptors (Lipinski definition) is 3. The molecule has 1 saturated heterocycles. The third kappa shape index (κ3) is 5.24. The number of hydrogen-bond donors (Lipinski definition) is 1. The van der Waals surface area contributed by atoms with Crippen molar-refractivity contribution in [2.24, 2.45) is 5.92 Å². The van der Waals surface area contributed by atoms with Gasteiger partial charge in [-0.05, 0) is 57.2 Å². The fourth-order valence-corrected chi connectivity index (χ4v) is 2.99. The zero-order valence-electron chi connectivity index (χ0n) is 14.5. The van der Waals surface area contributed by atoms with Crippen molar-refractivity contribution in [3.8, 4) is 5.75 Å². The van der Waals surface area contributed by atoms with Gasteiger partial charge in [-0.1, -0.05) is 12.1 Å². The Morgan fingerprint density at radius 3 is 2.87 bits per heavy atom. The first-order valence-electron chi connectivity index (χ1n) is 8.63. The molecule has 1 aromatic rings. The molecular weight excluding hydrogens is 290 g/mol. The molecule has 2 rings (SSSR count). The van der Waals surface area contributed by atoms with Crippen LogP contribution in [0.5, 0.6) is 5.75 Å². The van der Waals surface area contributed by atoms with Crippen LogP contribution in [0.25, 0.3) is 0 Å². The molecule has 2 unspecified atom stereocenters. The Hall–Kier alpha value is -1.55. The quantitative estimate of drug-likeness (QED) is 0.786. The molecule has 1 aliphatic rings. The van der Waals surface area contributed by atoms with Gasteiger partial charge in [0.25, 0.3) is 0 Å². The summed E-state index contributed by atoms with van der Waals surface area (Å²) in [6, 6.07) is 6.21. The zero-order valence-corrected chi connectivity index (χ0v) is 14.5. The topological polar surface area (TPSA) is 49.8 Å². The highest BCUT2D eigenvalue weighted by Gasteiger charge is 2.28. The summed E-state index contributed by atoms with van der Waals surface area (Å²) < 4.78 is 5.82. The lowest BCUT2D eigenvalue weighted by Gasteiger charge is -2.17. The molecule has 4 heteroatoms. The maximum Gasteiger partial charge on any atom is 0.222 e. The molecule has 0 aromatic heterocycles. The molecule has 0 bridgehead atoms. The minimum Gasteiger partial charge on any atom is -0.493 e. The molecular formula is C19H29NO3. The van der Waals surface area contributed by atoms with Crippen molar-refractivity contribution >= 4 is 5.91 Å². The van der Waals surface area contributed by atoms with Crippen LogP contribution in [0.2, 0.25) is 0 Å². The van der Waals surface area contributed by atoms with Crippen molar-refractivity contribution in [2.45, 2.75) is 52.6 Å². The van der Waals surface area contributed by atoms with Crippen LogP contribution in [0.1, 0.15) is 43.7 Å². The molecule has 0 radical (unpaired) electrons. The van der Waals surface area contributed by atoms with E-state index in [0.29, 0.717) is 19.6 Å². The van der Waals surface area contributed by atoms with E-state index in [4.69, 9.17) is 4.74 Å². The van der Waals surface area contributed by atoms with Crippen LogP contribution in [0, 0.1) is 19.8 Å². The largest absolute Gasteiger partial charge is 0.493 e. The first kappa shape index (κ1) is 17.8. The third-order valence-corrected chi connectivity index (χ3v) is 4.65. The van der Waals surface area contributed by atoms with Gasteiger partial charge < -0.3 is 14.7 Å². The van der Waals surface area contributed by atoms with E-state index in [9.17, 15) is 9.90 Å². The van der Waals surface area contributed by atoms with E-state index in [1.54, 1.807) is 0 Å². The molecule has 1 amide bonds. The minimum atomic E-state index is -0.321. The Kier molecular flexibility index (Phi) is 6.46. The fourth-order valence-electron chi connectivity index (χ4n) is 2.99. The highest BCUT2D eigenvalue weighted by molar-refractivity contribution is 5.76. The third-order valence-electron chi connectivity index (χ3n) is 4.65. The highest BCUT2D eigenvalue weighted by Crippen LogP contribution is 2.21. The number of carbonyl (C=O) groups excluding carboxylic acids is 1. The van der Waals surface area contributed by atoms with Crippen molar-refractivity contribution in [3.63, 3.8) is 0 Å². The molecule has 4 nitrogen and oxygen atoms in total. The summed E-state index contributed by atoms with van der Waals surface area (Å²) >= 11 is 0. The SMILES string of the molecule is Cc1ccc(C)c(OCCCCC(=O)N2CCC(C(C)O)C2)c1. The van der Waals surface area contributed by atoms with Gasteiger partial charge in [0.05, 0.1) is 12.7 Å². The summed E-state index contributed by atoms with van der Waals surface area (Å²) in [5.74, 6) is 1.39. The maximum atomic E-state index is 12.1. The maximum absolute atomic E-state index is 12.1. The van der Waals surface area contributed by atoms with Gasteiger partial charge >= 0.3 is 0 Å². The number of aliphatic hydroxyl groups is 1. The number of nitrogens with zero attached hydrogens (tertiary/aromatic N) is 1. The second-order valence-electron chi connectivity index (χ2n) is 6.70. The van der Waals surface area contributed by atoms with Gasteiger partial charge in [-0.2, -0.15) is 0 Å². The van der Waals surface area contributed by atoms with E-state index < -0.39 is 0 Å². The molecule has 2 atom stereocenters. The summed E-state index contributed by atoms with van der Waals surface area (Å²) in [6.45, 7) is 8.05. The number of unbranched alkanes of at least 4 members (excludes halogenated alkanes) is 1. The predicted octanol–water partition coefficient (Wildman–Crippen LogP) is 3.08. The number of aryl methyl sites for hydroxylation is 2. The average molecular weight is 319 g/mol. The molecule has 1 heterocycles. The van der Waals surface area contributed by atoms with E-state index >= 15 is 0 Å². The van der Waals surface area contributed by atoms with Gasteiger partial charge in [0.2, 0.25) is 5.91 Å². The second kappa shape index (κ2) is 8.34. The molecule has 128 valence electrons. The minimum absolute atomic E-state index is 0.208. The normalized spacial score (nSPS) is 19.0. The zero-order chi connectivity index (χ0) is 16.8. The standard InChI is InChI=1S/C19H29NO3/c1-14-7-8-15(2)18(12-14)23-11-5-4-6-19(22)20-10-9-17(13-20)16(3)21/h7-8,12,16-17,21H,4-6,9-11,13H2,1-3H3. The first-order chi connectivity index (χ1) is 11.0. The molecule has 1 aromatic carbocycles. The van der Waals surface area contributed by atoms with Crippen LogP contribution in [-0.4, -0.2) is 41.7 Å². The molecule has 0 aliphatic carbocycles. The molecule has 1 N–H and O–H groups in total. The van der Waals surface area contributed by atoms with Crippen LogP contribution in [0.15, 0.2) is 18.2 Å². The molecule has 0 spiro atoms. The van der Waals surface area contributed by atoms with Crippen LogP contribution in [0.3, 0.4) is 0 Å². The molecule has 1 fully saturated rings. The Morgan fingerprint density at radius 1 is 1.39 bits per heavy atom. The predicted molar refractivity (Wildman–Crippen MR) is 91.6 cm³/mol. The molecule has 0 saturated carbocycles. The Balaban J connectivity index is 1.64. The van der Waals surface area contributed by atoms with Crippen molar-refractivity contribution in [2.75, 3.05) is 19.7 Å². The second-order valence-corrected chi connectivity index (χ2v) is 6.70. The van der Waals surface area contributed by atoms with Gasteiger partial charge in [0.1, 0.15) is 5.75 Å². The van der Waals surface area contributed by atoms with Crippen molar-refractivity contribution in [1.29, 1.82) is 0 Å². The fraction of sp³-hybridized carbons (Fsp3) is 0.632. The van der Waals surface area contributed by atoms with Crippen LogP contribution in [-0.2, 0) is 4.79 Å². The first-order valence-corrected chi connectivity index (χ1v) is 8.63. The van der Waals surface area contributed by atoms with Crippen LogP contribution in [0.4, 0.5) is 0 Å². The van der Waals surface area contributed by atoms with E-state index in [0.717, 1.165) is 37.1 Å². The van der Waals surface area contributed by atoms with Gasteiger partial charge in [-0.3, -0.25) is 4.79 Å². The van der Waals surface area contributed by atoms with Gasteiger partial charge in [-0.15, -0.1) is 0 Å². The highest BCUT2D eigenvalue weighted by atomic mass is 16.5. The summed E-state index contributed by atoms with van der Waals surface area (Å²) in [6.07, 6.45) is 2.90. The van der Waals surface area contributed by atoms with Gasteiger partial charge in [0.15, 0.2) is 0 Å². The van der Waals surface area contributed by atoms with E-state index in [1.165, 1.54) is 5.56 Å². The lowest BCUT2D eigenvalue weighted by molar-refractivity contribution is -0.130. The summed E-state index contributed by atoms with van der Waals surface area (Å²) in [5.41, 5.74) is 2.34. The lowest BCUT2D eigenvalue weighted by Crippen LogP contribution is -2.30. The Bertz CT molecular complexity index is 527. The summed E-state index contributed by atoms with van der Waals surface area (Å²) in [5, 5.41) is 9.59. The van der Waals surface area contributed by atoms with Gasteiger partial charge in [-0.25, -0.2) is 0 Å². The number of likely N-dealkylation sites (tertiary alicyclic amines) is 1. The Morgan fingerprint density at radius 2 is 2.17 bits per heavy atom. The van der Waals surface area contributed by atoms with Crippen molar-refractivity contribution < 1.29 is 14.6 Å². The monoisotopic (exact) mass is 319 g/mol. The lowest BCUT2D eigenvalue weighted by atomic mass is 10.0. The van der Waals surface area contributed by atoms with Crippen molar-refractivity contribution in [1.82, 2.24) is 4.90 Å². The summed E-state index contributed by atoms with van der Waals surface area (Å²) in [4.78, 5) is 14.0. The average Bonchev–Trinajstić information content (AvgIpc) is 3.00. The Labute approximate surface area is 139 Å². The van der Waals surface area contributed by atoms with E-state index in [1.807, 2.05) is 18.7 Å². The number of rotatable bonds is 7. The van der Waals surface area contributed by atoms with Crippen molar-refractivity contribution in [3.05, 3.63) is 29.3 Å². The van der Waals surface area contributed by atoms with E-state index in [-0.39, 0.29) is 17.9 Å². The number of aliphatic hydroxyl groups excluding tert-OH is 1. The number of amides is 1. The summed E-state index contributed by atoms with van der Waals surface area (Å²) in [7, 11) is 0. The molecule has 1 aliphatic heterocycles. The number of ether oxygens (including phenoxy) is 1. The number of benzene rings is 1.